The normalized spacial score (nSPS) is 13.2. The first-order chi connectivity index (χ1) is 18.8. The highest BCUT2D eigenvalue weighted by atomic mass is 16.8. The molecule has 0 fully saturated rings. The summed E-state index contributed by atoms with van der Waals surface area (Å²) in [6, 6.07) is 9.43. The molecule has 0 unspecified atom stereocenters. The van der Waals surface area contributed by atoms with E-state index in [0.29, 0.717) is 11.4 Å². The molecule has 0 atom stereocenters. The fraction of sp³-hybridized carbons (Fsp3) is 0.296. The summed E-state index contributed by atoms with van der Waals surface area (Å²) in [6.45, 7) is 10.2. The van der Waals surface area contributed by atoms with Gasteiger partial charge in [-0.25, -0.2) is 14.6 Å². The Balaban J connectivity index is 1.48. The van der Waals surface area contributed by atoms with Crippen molar-refractivity contribution < 1.29 is 38.5 Å². The lowest BCUT2D eigenvalue weighted by Gasteiger charge is -2.24. The first kappa shape index (κ1) is 28.1. The zero-order valence-electron chi connectivity index (χ0n) is 22.9. The summed E-state index contributed by atoms with van der Waals surface area (Å²) in [5, 5.41) is 13.2. The van der Waals surface area contributed by atoms with E-state index in [1.165, 1.54) is 28.4 Å². The van der Waals surface area contributed by atoms with Crippen LogP contribution < -0.4 is 24.9 Å². The molecule has 0 saturated carbocycles. The topological polar surface area (TPSA) is 137 Å². The highest BCUT2D eigenvalue weighted by molar-refractivity contribution is 5.71. The molecule has 0 bridgehead atoms. The fourth-order valence-corrected chi connectivity index (χ4v) is 3.29. The number of carbonyl (C=O) groups excluding carboxylic acids is 2. The van der Waals surface area contributed by atoms with Crippen molar-refractivity contribution >= 4 is 18.0 Å². The molecule has 212 valence electrons. The summed E-state index contributed by atoms with van der Waals surface area (Å²) >= 11 is 0. The Labute approximate surface area is 231 Å². The molecular formula is C27H31N5O8. The fourth-order valence-electron chi connectivity index (χ4n) is 3.29. The summed E-state index contributed by atoms with van der Waals surface area (Å²) in [4.78, 5) is 34.4. The third kappa shape index (κ3) is 7.57. The van der Waals surface area contributed by atoms with Gasteiger partial charge in [0.25, 0.3) is 0 Å². The molecule has 2 heterocycles. The molecule has 3 aromatic rings. The smallest absolute Gasteiger partial charge is 0.504 e. The Kier molecular flexibility index (Phi) is 7.77. The number of imidazole rings is 1. The number of hydrazine groups is 2. The van der Waals surface area contributed by atoms with Crippen molar-refractivity contribution in [3.8, 4) is 28.7 Å². The number of hydrogen-bond donors (Lipinski definition) is 2. The predicted octanol–water partition coefficient (Wildman–Crippen LogP) is 5.21. The number of rotatable bonds is 6. The number of benzene rings is 2. The number of aromatic nitrogens is 2. The molecule has 0 saturated heterocycles. The molecule has 40 heavy (non-hydrogen) atoms. The molecule has 2 aromatic carbocycles. The SMILES string of the molecule is CC(C)(C)OC(=O)Oc1ccc(N2C=CN(Oc3ccc(-n4ccnc4)cc3O)N2)cc1OC(=O)OC(C)(C)C. The van der Waals surface area contributed by atoms with Crippen LogP contribution in [0.15, 0.2) is 67.5 Å². The van der Waals surface area contributed by atoms with Gasteiger partial charge in [0.1, 0.15) is 11.2 Å². The number of anilines is 1. The van der Waals surface area contributed by atoms with E-state index in [-0.39, 0.29) is 23.0 Å². The van der Waals surface area contributed by atoms with Crippen molar-refractivity contribution in [2.24, 2.45) is 0 Å². The van der Waals surface area contributed by atoms with Crippen LogP contribution in [0.2, 0.25) is 0 Å². The molecule has 2 N–H and O–H groups in total. The second kappa shape index (κ2) is 11.1. The van der Waals surface area contributed by atoms with Crippen molar-refractivity contribution in [2.45, 2.75) is 52.7 Å². The molecule has 13 heteroatoms. The quantitative estimate of drug-likeness (QED) is 0.306. The van der Waals surface area contributed by atoms with E-state index in [0.717, 1.165) is 0 Å². The lowest BCUT2D eigenvalue weighted by molar-refractivity contribution is -0.0488. The average Bonchev–Trinajstić information content (AvgIpc) is 3.52. The number of nitrogens with one attached hydrogen (secondary N) is 1. The first-order valence-electron chi connectivity index (χ1n) is 12.2. The van der Waals surface area contributed by atoms with Gasteiger partial charge in [-0.15, -0.1) is 10.7 Å². The van der Waals surface area contributed by atoms with E-state index in [1.807, 2.05) is 0 Å². The Hall–Kier alpha value is -4.91. The molecule has 0 aliphatic carbocycles. The highest BCUT2D eigenvalue weighted by Gasteiger charge is 2.25. The Morgan fingerprint density at radius 1 is 0.825 bits per heavy atom. The Morgan fingerprint density at radius 2 is 1.45 bits per heavy atom. The van der Waals surface area contributed by atoms with E-state index < -0.39 is 23.5 Å². The number of hydroxylamine groups is 1. The Morgan fingerprint density at radius 3 is 2.05 bits per heavy atom. The second-order valence-corrected chi connectivity index (χ2v) is 10.6. The number of phenols is 1. The first-order valence-corrected chi connectivity index (χ1v) is 12.2. The highest BCUT2D eigenvalue weighted by Crippen LogP contribution is 2.34. The molecule has 13 nitrogen and oxygen atoms in total. The average molecular weight is 554 g/mol. The maximum Gasteiger partial charge on any atom is 0.514 e. The van der Waals surface area contributed by atoms with Crippen LogP contribution in [0.1, 0.15) is 41.5 Å². The van der Waals surface area contributed by atoms with Crippen LogP contribution in [0.4, 0.5) is 15.3 Å². The predicted molar refractivity (Wildman–Crippen MR) is 143 cm³/mol. The van der Waals surface area contributed by atoms with Gasteiger partial charge in [0.15, 0.2) is 23.0 Å². The number of carbonyl (C=O) groups is 2. The summed E-state index contributed by atoms with van der Waals surface area (Å²) in [5.74, 6) is -0.0302. The van der Waals surface area contributed by atoms with Crippen molar-refractivity contribution in [1.82, 2.24) is 20.3 Å². The van der Waals surface area contributed by atoms with Crippen LogP contribution >= 0.6 is 0 Å². The number of phenolic OH excluding ortho intramolecular Hbond substituents is 1. The summed E-state index contributed by atoms with van der Waals surface area (Å²) < 4.78 is 22.9. The maximum absolute atomic E-state index is 12.4. The van der Waals surface area contributed by atoms with Gasteiger partial charge < -0.3 is 33.5 Å². The van der Waals surface area contributed by atoms with Gasteiger partial charge >= 0.3 is 12.3 Å². The zero-order chi connectivity index (χ0) is 29.1. The monoisotopic (exact) mass is 553 g/mol. The molecule has 0 radical (unpaired) electrons. The molecule has 0 amide bonds. The van der Waals surface area contributed by atoms with Gasteiger partial charge in [0, 0.05) is 30.7 Å². The molecule has 4 rings (SSSR count). The van der Waals surface area contributed by atoms with Gasteiger partial charge in [0.2, 0.25) is 0 Å². The van der Waals surface area contributed by atoms with E-state index in [9.17, 15) is 14.7 Å². The van der Waals surface area contributed by atoms with Crippen LogP contribution in [0, 0.1) is 0 Å². The minimum atomic E-state index is -0.983. The van der Waals surface area contributed by atoms with Crippen LogP contribution in [0.5, 0.6) is 23.0 Å². The van der Waals surface area contributed by atoms with E-state index in [1.54, 1.807) is 95.4 Å². The van der Waals surface area contributed by atoms with Gasteiger partial charge in [-0.3, -0.25) is 5.01 Å². The van der Waals surface area contributed by atoms with Crippen molar-refractivity contribution in [1.29, 1.82) is 0 Å². The van der Waals surface area contributed by atoms with Crippen LogP contribution in [0.25, 0.3) is 5.69 Å². The minimum absolute atomic E-state index is 0.0527. The number of hydrogen-bond acceptors (Lipinski definition) is 12. The Bertz CT molecular complexity index is 1390. The van der Waals surface area contributed by atoms with Crippen molar-refractivity contribution in [2.75, 3.05) is 5.01 Å². The summed E-state index contributed by atoms with van der Waals surface area (Å²) in [6.07, 6.45) is 6.23. The van der Waals surface area contributed by atoms with Gasteiger partial charge in [-0.2, -0.15) is 0 Å². The van der Waals surface area contributed by atoms with E-state index in [4.69, 9.17) is 23.8 Å². The van der Waals surface area contributed by atoms with Gasteiger partial charge in [0.05, 0.1) is 23.9 Å². The largest absolute Gasteiger partial charge is 0.514 e. The van der Waals surface area contributed by atoms with Crippen LogP contribution in [-0.2, 0) is 9.47 Å². The number of ether oxygens (including phenoxy) is 4. The maximum atomic E-state index is 12.4. The molecule has 1 aromatic heterocycles. The standard InChI is InChI=1S/C27H31N5O8/c1-26(2,3)38-24(34)36-22-10-8-19(16-23(22)37-25(35)39-27(4,5)6)31-13-14-32(29-31)40-21-9-7-18(15-20(21)33)30-12-11-28-17-30/h7-17,29,33H,1-6H3. The van der Waals surface area contributed by atoms with Crippen molar-refractivity contribution in [3.63, 3.8) is 0 Å². The molecular weight excluding hydrogens is 522 g/mol. The third-order valence-corrected chi connectivity index (χ3v) is 4.87. The summed E-state index contributed by atoms with van der Waals surface area (Å²) in [5.41, 5.74) is 2.54. The van der Waals surface area contributed by atoms with E-state index >= 15 is 0 Å². The third-order valence-electron chi connectivity index (χ3n) is 4.87. The molecule has 0 spiro atoms. The van der Waals surface area contributed by atoms with Gasteiger partial charge in [-0.1, -0.05) is 0 Å². The summed E-state index contributed by atoms with van der Waals surface area (Å²) in [7, 11) is 0. The molecule has 1 aliphatic heterocycles. The second-order valence-electron chi connectivity index (χ2n) is 10.6. The van der Waals surface area contributed by atoms with Crippen LogP contribution in [0.3, 0.4) is 0 Å². The lowest BCUT2D eigenvalue weighted by atomic mass is 10.2. The van der Waals surface area contributed by atoms with E-state index in [2.05, 4.69) is 10.5 Å². The zero-order valence-corrected chi connectivity index (χ0v) is 22.9. The number of nitrogens with zero attached hydrogens (tertiary/aromatic N) is 4. The van der Waals surface area contributed by atoms with Crippen LogP contribution in [-0.4, -0.2) is 43.3 Å². The van der Waals surface area contributed by atoms with Crippen molar-refractivity contribution in [3.05, 3.63) is 67.5 Å². The van der Waals surface area contributed by atoms with Gasteiger partial charge in [-0.05, 0) is 65.8 Å². The molecule has 1 aliphatic rings. The number of aromatic hydroxyl groups is 1. The lowest BCUT2D eigenvalue weighted by Crippen LogP contribution is -2.41. The minimum Gasteiger partial charge on any atom is -0.504 e.